The van der Waals surface area contributed by atoms with Crippen molar-refractivity contribution in [2.75, 3.05) is 7.11 Å². The molecule has 0 radical (unpaired) electrons. The quantitative estimate of drug-likeness (QED) is 0.769. The first-order chi connectivity index (χ1) is 9.00. The first-order valence-corrected chi connectivity index (χ1v) is 7.03. The first kappa shape index (κ1) is 12.7. The lowest BCUT2D eigenvalue weighted by Crippen LogP contribution is -2.23. The van der Waals surface area contributed by atoms with E-state index < -0.39 is 0 Å². The average molecular weight is 276 g/mol. The van der Waals surface area contributed by atoms with Crippen LogP contribution in [0.5, 0.6) is 5.75 Å². The second kappa shape index (κ2) is 4.38. The topological polar surface area (TPSA) is 22.1 Å². The van der Waals surface area contributed by atoms with E-state index in [1.165, 1.54) is 12.0 Å². The third-order valence-corrected chi connectivity index (χ3v) is 4.44. The van der Waals surface area contributed by atoms with Crippen molar-refractivity contribution in [2.45, 2.75) is 33.1 Å². The Morgan fingerprint density at radius 3 is 2.84 bits per heavy atom. The number of aromatic nitrogens is 1. The van der Waals surface area contributed by atoms with Gasteiger partial charge in [0, 0.05) is 17.1 Å². The van der Waals surface area contributed by atoms with E-state index in [-0.39, 0.29) is 0 Å². The lowest BCUT2D eigenvalue weighted by atomic mass is 9.76. The zero-order valence-corrected chi connectivity index (χ0v) is 12.3. The number of rotatable bonds is 1. The molecule has 1 aliphatic rings. The van der Waals surface area contributed by atoms with Gasteiger partial charge in [-0.05, 0) is 42.4 Å². The van der Waals surface area contributed by atoms with Crippen LogP contribution in [0.1, 0.15) is 31.5 Å². The molecule has 0 atom stereocenters. The molecule has 19 heavy (non-hydrogen) atoms. The third-order valence-electron chi connectivity index (χ3n) is 4.01. The first-order valence-electron chi connectivity index (χ1n) is 6.65. The highest BCUT2D eigenvalue weighted by Crippen LogP contribution is 2.39. The van der Waals surface area contributed by atoms with Crippen LogP contribution in [0.25, 0.3) is 10.9 Å². The lowest BCUT2D eigenvalue weighted by Gasteiger charge is -2.31. The molecule has 0 amide bonds. The summed E-state index contributed by atoms with van der Waals surface area (Å²) in [6, 6.07) is 5.90. The second-order valence-corrected chi connectivity index (χ2v) is 6.45. The Hall–Kier alpha value is -1.28. The Kier molecular flexibility index (Phi) is 2.94. The summed E-state index contributed by atoms with van der Waals surface area (Å²) in [5.41, 5.74) is 3.64. The summed E-state index contributed by atoms with van der Waals surface area (Å²) >= 11 is 6.57. The van der Waals surface area contributed by atoms with E-state index in [4.69, 9.17) is 21.3 Å². The molecular formula is C16H18ClNO. The predicted octanol–water partition coefficient (Wildman–Crippen LogP) is 4.41. The monoisotopic (exact) mass is 275 g/mol. The Morgan fingerprint density at radius 2 is 2.11 bits per heavy atom. The molecule has 0 unspecified atom stereocenters. The molecule has 3 heteroatoms. The highest BCUT2D eigenvalue weighted by atomic mass is 35.5. The molecule has 1 heterocycles. The van der Waals surface area contributed by atoms with Gasteiger partial charge < -0.3 is 4.74 Å². The van der Waals surface area contributed by atoms with Crippen molar-refractivity contribution in [3.8, 4) is 5.75 Å². The number of pyridine rings is 1. The van der Waals surface area contributed by atoms with Crippen molar-refractivity contribution in [1.29, 1.82) is 0 Å². The van der Waals surface area contributed by atoms with Gasteiger partial charge >= 0.3 is 0 Å². The van der Waals surface area contributed by atoms with Crippen LogP contribution < -0.4 is 4.74 Å². The van der Waals surface area contributed by atoms with Crippen LogP contribution in [0, 0.1) is 5.41 Å². The van der Waals surface area contributed by atoms with Gasteiger partial charge in [-0.3, -0.25) is 4.98 Å². The molecule has 100 valence electrons. The molecule has 0 aliphatic heterocycles. The van der Waals surface area contributed by atoms with Crippen LogP contribution in [-0.4, -0.2) is 12.1 Å². The van der Waals surface area contributed by atoms with Crippen molar-refractivity contribution in [1.82, 2.24) is 4.98 Å². The molecule has 3 rings (SSSR count). The van der Waals surface area contributed by atoms with Gasteiger partial charge in [0.15, 0.2) is 0 Å². The molecule has 2 aromatic rings. The number of fused-ring (bicyclic) bond motifs is 2. The van der Waals surface area contributed by atoms with Crippen molar-refractivity contribution < 1.29 is 4.74 Å². The number of nitrogens with zero attached hydrogens (tertiary/aromatic N) is 1. The number of benzene rings is 1. The molecule has 1 aliphatic carbocycles. The Labute approximate surface area is 118 Å². The Bertz CT molecular complexity index is 649. The molecule has 1 aromatic heterocycles. The molecule has 0 saturated heterocycles. The highest BCUT2D eigenvalue weighted by Gasteiger charge is 2.28. The van der Waals surface area contributed by atoms with Crippen molar-refractivity contribution in [3.05, 3.63) is 34.5 Å². The fourth-order valence-electron chi connectivity index (χ4n) is 2.82. The zero-order chi connectivity index (χ0) is 13.6. The maximum atomic E-state index is 6.57. The average Bonchev–Trinajstić information content (AvgIpc) is 2.36. The van der Waals surface area contributed by atoms with Gasteiger partial charge in [0.05, 0.1) is 17.6 Å². The molecule has 0 fully saturated rings. The largest absolute Gasteiger partial charge is 0.497 e. The van der Waals surface area contributed by atoms with E-state index in [0.717, 1.165) is 40.2 Å². The Morgan fingerprint density at radius 1 is 1.32 bits per heavy atom. The van der Waals surface area contributed by atoms with E-state index in [9.17, 15) is 0 Å². The summed E-state index contributed by atoms with van der Waals surface area (Å²) in [6.07, 6.45) is 3.19. The van der Waals surface area contributed by atoms with Gasteiger partial charge in [0.2, 0.25) is 0 Å². The molecule has 1 aromatic carbocycles. The van der Waals surface area contributed by atoms with Crippen LogP contribution in [0.3, 0.4) is 0 Å². The van der Waals surface area contributed by atoms with Gasteiger partial charge in [0.1, 0.15) is 5.75 Å². The summed E-state index contributed by atoms with van der Waals surface area (Å²) in [6.45, 7) is 4.59. The van der Waals surface area contributed by atoms with E-state index in [1.807, 2.05) is 18.2 Å². The second-order valence-electron chi connectivity index (χ2n) is 6.08. The zero-order valence-electron chi connectivity index (χ0n) is 11.6. The number of halogens is 1. The number of methoxy groups -OCH3 is 1. The number of hydrogen-bond acceptors (Lipinski definition) is 2. The minimum Gasteiger partial charge on any atom is -0.497 e. The number of ether oxygens (including phenoxy) is 1. The van der Waals surface area contributed by atoms with Crippen molar-refractivity contribution >= 4 is 22.5 Å². The smallest absolute Gasteiger partial charge is 0.121 e. The SMILES string of the molecule is COc1ccc2c(Cl)c3c(nc2c1)CC(C)(C)CC3. The summed E-state index contributed by atoms with van der Waals surface area (Å²) in [5, 5.41) is 1.90. The molecule has 0 bridgehead atoms. The maximum absolute atomic E-state index is 6.57. The Balaban J connectivity index is 2.22. The molecule has 0 spiro atoms. The molecular weight excluding hydrogens is 258 g/mol. The standard InChI is InChI=1S/C16H18ClNO/c1-16(2)7-6-12-14(9-16)18-13-8-10(19-3)4-5-11(13)15(12)17/h4-5,8H,6-7,9H2,1-3H3. The third kappa shape index (κ3) is 2.18. The van der Waals surface area contributed by atoms with E-state index in [1.54, 1.807) is 7.11 Å². The minimum absolute atomic E-state index is 0.315. The fraction of sp³-hybridized carbons (Fsp3) is 0.438. The summed E-state index contributed by atoms with van der Waals surface area (Å²) in [4.78, 5) is 4.82. The highest BCUT2D eigenvalue weighted by molar-refractivity contribution is 6.36. The van der Waals surface area contributed by atoms with E-state index in [2.05, 4.69) is 13.8 Å². The van der Waals surface area contributed by atoms with E-state index >= 15 is 0 Å². The predicted molar refractivity (Wildman–Crippen MR) is 79.1 cm³/mol. The van der Waals surface area contributed by atoms with Crippen molar-refractivity contribution in [2.24, 2.45) is 5.41 Å². The lowest BCUT2D eigenvalue weighted by molar-refractivity contribution is 0.311. The number of hydrogen-bond donors (Lipinski definition) is 0. The summed E-state index contributed by atoms with van der Waals surface area (Å²) < 4.78 is 5.26. The maximum Gasteiger partial charge on any atom is 0.121 e. The van der Waals surface area contributed by atoms with Gasteiger partial charge in [-0.1, -0.05) is 25.4 Å². The normalized spacial score (nSPS) is 17.3. The van der Waals surface area contributed by atoms with Crippen molar-refractivity contribution in [3.63, 3.8) is 0 Å². The van der Waals surface area contributed by atoms with Gasteiger partial charge in [0.25, 0.3) is 0 Å². The van der Waals surface area contributed by atoms with Crippen LogP contribution >= 0.6 is 11.6 Å². The van der Waals surface area contributed by atoms with Gasteiger partial charge in [-0.25, -0.2) is 0 Å². The van der Waals surface area contributed by atoms with Crippen LogP contribution in [-0.2, 0) is 12.8 Å². The van der Waals surface area contributed by atoms with Gasteiger partial charge in [-0.2, -0.15) is 0 Å². The van der Waals surface area contributed by atoms with Crippen LogP contribution in [0.15, 0.2) is 18.2 Å². The minimum atomic E-state index is 0.315. The van der Waals surface area contributed by atoms with Gasteiger partial charge in [-0.15, -0.1) is 0 Å². The van der Waals surface area contributed by atoms with Crippen LogP contribution in [0.2, 0.25) is 5.02 Å². The summed E-state index contributed by atoms with van der Waals surface area (Å²) in [7, 11) is 1.67. The molecule has 0 N–H and O–H groups in total. The molecule has 2 nitrogen and oxygen atoms in total. The molecule has 0 saturated carbocycles. The van der Waals surface area contributed by atoms with Crippen LogP contribution in [0.4, 0.5) is 0 Å². The van der Waals surface area contributed by atoms with E-state index in [0.29, 0.717) is 5.41 Å². The fourth-order valence-corrected chi connectivity index (χ4v) is 3.19. The summed E-state index contributed by atoms with van der Waals surface area (Å²) in [5.74, 6) is 0.825.